The summed E-state index contributed by atoms with van der Waals surface area (Å²) in [4.78, 5) is 13.9. The van der Waals surface area contributed by atoms with Gasteiger partial charge in [0.1, 0.15) is 6.61 Å². The molecule has 22 heavy (non-hydrogen) atoms. The second-order valence-electron chi connectivity index (χ2n) is 7.09. The van der Waals surface area contributed by atoms with E-state index in [0.29, 0.717) is 25.6 Å². The lowest BCUT2D eigenvalue weighted by Gasteiger charge is -2.28. The van der Waals surface area contributed by atoms with Gasteiger partial charge in [-0.1, -0.05) is 6.42 Å². The van der Waals surface area contributed by atoms with Gasteiger partial charge in [0.05, 0.1) is 12.9 Å². The van der Waals surface area contributed by atoms with Crippen molar-refractivity contribution >= 4 is 15.9 Å². The van der Waals surface area contributed by atoms with E-state index in [9.17, 15) is 13.2 Å². The average Bonchev–Trinajstić information content (AvgIpc) is 3.12. The summed E-state index contributed by atoms with van der Waals surface area (Å²) in [6.45, 7) is 3.49. The number of hydrogen-bond donors (Lipinski definition) is 0. The van der Waals surface area contributed by atoms with Crippen LogP contribution in [0.1, 0.15) is 32.1 Å². The molecule has 6 nitrogen and oxygen atoms in total. The van der Waals surface area contributed by atoms with Crippen LogP contribution in [0, 0.1) is 11.3 Å². The zero-order valence-corrected chi connectivity index (χ0v) is 14.1. The SMILES string of the molecule is CS(=O)(=O)N1C[C@H]2CCC[C@@]2(COCC(=O)N2CCCC2)C1. The van der Waals surface area contributed by atoms with Crippen LogP contribution in [-0.4, -0.2) is 69.2 Å². The summed E-state index contributed by atoms with van der Waals surface area (Å²) in [5.74, 6) is 0.450. The van der Waals surface area contributed by atoms with Gasteiger partial charge in [-0.3, -0.25) is 4.79 Å². The summed E-state index contributed by atoms with van der Waals surface area (Å²) < 4.78 is 30.9. The Morgan fingerprint density at radius 1 is 1.27 bits per heavy atom. The van der Waals surface area contributed by atoms with Crippen molar-refractivity contribution in [1.82, 2.24) is 9.21 Å². The molecule has 2 heterocycles. The van der Waals surface area contributed by atoms with E-state index in [-0.39, 0.29) is 17.9 Å². The summed E-state index contributed by atoms with van der Waals surface area (Å²) >= 11 is 0. The number of fused-ring (bicyclic) bond motifs is 1. The summed E-state index contributed by atoms with van der Waals surface area (Å²) in [6, 6.07) is 0. The molecule has 0 aromatic heterocycles. The molecule has 0 bridgehead atoms. The van der Waals surface area contributed by atoms with Gasteiger partial charge in [-0.05, 0) is 31.6 Å². The Kier molecular flexibility index (Phi) is 4.49. The fourth-order valence-electron chi connectivity index (χ4n) is 4.25. The highest BCUT2D eigenvalue weighted by Gasteiger charge is 2.51. The van der Waals surface area contributed by atoms with E-state index in [0.717, 1.165) is 45.2 Å². The molecule has 1 amide bonds. The van der Waals surface area contributed by atoms with Crippen molar-refractivity contribution in [3.63, 3.8) is 0 Å². The number of nitrogens with zero attached hydrogens (tertiary/aromatic N) is 2. The first-order valence-corrected chi connectivity index (χ1v) is 10.1. The minimum atomic E-state index is -3.13. The maximum Gasteiger partial charge on any atom is 0.248 e. The quantitative estimate of drug-likeness (QED) is 0.744. The van der Waals surface area contributed by atoms with Crippen molar-refractivity contribution in [1.29, 1.82) is 0 Å². The second kappa shape index (κ2) is 6.09. The lowest BCUT2D eigenvalue weighted by molar-refractivity contribution is -0.136. The van der Waals surface area contributed by atoms with Gasteiger partial charge in [0, 0.05) is 31.6 Å². The predicted octanol–water partition coefficient (Wildman–Crippen LogP) is 0.687. The zero-order valence-electron chi connectivity index (χ0n) is 13.3. The highest BCUT2D eigenvalue weighted by molar-refractivity contribution is 7.88. The number of rotatable bonds is 5. The molecule has 0 unspecified atom stereocenters. The van der Waals surface area contributed by atoms with E-state index in [1.54, 1.807) is 4.31 Å². The third-order valence-corrected chi connectivity index (χ3v) is 6.77. The smallest absolute Gasteiger partial charge is 0.248 e. The van der Waals surface area contributed by atoms with Gasteiger partial charge in [-0.2, -0.15) is 0 Å². The van der Waals surface area contributed by atoms with Crippen LogP contribution in [0.2, 0.25) is 0 Å². The highest BCUT2D eigenvalue weighted by Crippen LogP contribution is 2.49. The lowest BCUT2D eigenvalue weighted by Crippen LogP contribution is -2.36. The number of carbonyl (C=O) groups is 1. The van der Waals surface area contributed by atoms with E-state index in [2.05, 4.69) is 0 Å². The summed E-state index contributed by atoms with van der Waals surface area (Å²) in [6.07, 6.45) is 6.64. The molecule has 0 aromatic rings. The van der Waals surface area contributed by atoms with Gasteiger partial charge in [-0.15, -0.1) is 0 Å². The number of amides is 1. The van der Waals surface area contributed by atoms with Gasteiger partial charge in [0.25, 0.3) is 0 Å². The van der Waals surface area contributed by atoms with Gasteiger partial charge >= 0.3 is 0 Å². The number of ether oxygens (including phenoxy) is 1. The molecule has 3 aliphatic rings. The Hall–Kier alpha value is -0.660. The first-order valence-electron chi connectivity index (χ1n) is 8.21. The molecular formula is C15H26N2O4S. The standard InChI is InChI=1S/C15H26N2O4S/c1-22(19,20)17-9-13-5-4-6-15(13,11-17)12-21-10-14(18)16-7-2-3-8-16/h13H,2-12H2,1H3/t13-,15+/m1/s1. The Labute approximate surface area is 132 Å². The van der Waals surface area contributed by atoms with Crippen LogP contribution in [0.4, 0.5) is 0 Å². The number of hydrogen-bond acceptors (Lipinski definition) is 4. The Morgan fingerprint density at radius 2 is 2.00 bits per heavy atom. The summed E-state index contributed by atoms with van der Waals surface area (Å²) in [5, 5.41) is 0. The number of likely N-dealkylation sites (tertiary alicyclic amines) is 1. The molecule has 0 spiro atoms. The topological polar surface area (TPSA) is 66.9 Å². The number of carbonyl (C=O) groups excluding carboxylic acids is 1. The van der Waals surface area contributed by atoms with E-state index in [4.69, 9.17) is 4.74 Å². The second-order valence-corrected chi connectivity index (χ2v) is 9.07. The average molecular weight is 330 g/mol. The first-order chi connectivity index (χ1) is 10.4. The molecule has 2 saturated heterocycles. The first kappa shape index (κ1) is 16.2. The molecule has 7 heteroatoms. The van der Waals surface area contributed by atoms with Crippen LogP contribution in [0.5, 0.6) is 0 Å². The minimum absolute atomic E-state index is 0.0708. The predicted molar refractivity (Wildman–Crippen MR) is 82.8 cm³/mol. The van der Waals surface area contributed by atoms with Crippen molar-refractivity contribution in [2.75, 3.05) is 45.6 Å². The lowest BCUT2D eigenvalue weighted by atomic mass is 9.82. The van der Waals surface area contributed by atoms with Crippen LogP contribution in [0.3, 0.4) is 0 Å². The molecule has 2 aliphatic heterocycles. The molecule has 3 rings (SSSR count). The minimum Gasteiger partial charge on any atom is -0.371 e. The molecule has 1 aliphatic carbocycles. The largest absolute Gasteiger partial charge is 0.371 e. The number of sulfonamides is 1. The monoisotopic (exact) mass is 330 g/mol. The van der Waals surface area contributed by atoms with Crippen molar-refractivity contribution in [2.45, 2.75) is 32.1 Å². The van der Waals surface area contributed by atoms with Crippen LogP contribution in [-0.2, 0) is 19.6 Å². The van der Waals surface area contributed by atoms with Gasteiger partial charge in [-0.25, -0.2) is 12.7 Å². The maximum atomic E-state index is 12.0. The molecule has 1 saturated carbocycles. The fraction of sp³-hybridized carbons (Fsp3) is 0.933. The van der Waals surface area contributed by atoms with Gasteiger partial charge < -0.3 is 9.64 Å². The van der Waals surface area contributed by atoms with E-state index in [1.165, 1.54) is 6.26 Å². The van der Waals surface area contributed by atoms with E-state index < -0.39 is 10.0 Å². The van der Waals surface area contributed by atoms with Crippen molar-refractivity contribution in [3.05, 3.63) is 0 Å². The zero-order chi connectivity index (χ0) is 15.8. The maximum absolute atomic E-state index is 12.0. The Morgan fingerprint density at radius 3 is 2.68 bits per heavy atom. The molecule has 0 N–H and O–H groups in total. The Balaban J connectivity index is 1.55. The highest BCUT2D eigenvalue weighted by atomic mass is 32.2. The third-order valence-electron chi connectivity index (χ3n) is 5.55. The normalized spacial score (nSPS) is 32.6. The summed E-state index contributed by atoms with van der Waals surface area (Å²) in [5.41, 5.74) is -0.0750. The third kappa shape index (κ3) is 3.16. The van der Waals surface area contributed by atoms with Gasteiger partial charge in [0.2, 0.25) is 15.9 Å². The van der Waals surface area contributed by atoms with Crippen molar-refractivity contribution < 1.29 is 17.9 Å². The molecule has 0 aromatic carbocycles. The molecule has 2 atom stereocenters. The van der Waals surface area contributed by atoms with Gasteiger partial charge in [0.15, 0.2) is 0 Å². The Bertz CT molecular complexity index is 530. The van der Waals surface area contributed by atoms with E-state index in [1.807, 2.05) is 4.90 Å². The molecule has 3 fully saturated rings. The molecular weight excluding hydrogens is 304 g/mol. The van der Waals surface area contributed by atoms with Crippen molar-refractivity contribution in [2.24, 2.45) is 11.3 Å². The van der Waals surface area contributed by atoms with Crippen LogP contribution in [0.15, 0.2) is 0 Å². The summed E-state index contributed by atoms with van der Waals surface area (Å²) in [7, 11) is -3.13. The van der Waals surface area contributed by atoms with E-state index >= 15 is 0 Å². The van der Waals surface area contributed by atoms with Crippen molar-refractivity contribution in [3.8, 4) is 0 Å². The van der Waals surface area contributed by atoms with Crippen LogP contribution in [0.25, 0.3) is 0 Å². The molecule has 126 valence electrons. The molecule has 0 radical (unpaired) electrons. The van der Waals surface area contributed by atoms with Crippen LogP contribution >= 0.6 is 0 Å². The van der Waals surface area contributed by atoms with Crippen LogP contribution < -0.4 is 0 Å². The fourth-order valence-corrected chi connectivity index (χ4v) is 5.20.